The summed E-state index contributed by atoms with van der Waals surface area (Å²) < 4.78 is 16.9. The van der Waals surface area contributed by atoms with E-state index in [9.17, 15) is 0 Å². The number of ether oxygens (including phenoxy) is 3. The molecule has 2 aromatic rings. The molecule has 0 spiro atoms. The van der Waals surface area contributed by atoms with Gasteiger partial charge in [0.25, 0.3) is 0 Å². The van der Waals surface area contributed by atoms with E-state index in [1.54, 1.807) is 14.2 Å². The van der Waals surface area contributed by atoms with E-state index in [0.717, 1.165) is 41.4 Å². The fourth-order valence-corrected chi connectivity index (χ4v) is 3.00. The van der Waals surface area contributed by atoms with Crippen LogP contribution in [0.15, 0.2) is 36.4 Å². The van der Waals surface area contributed by atoms with Gasteiger partial charge in [0.05, 0.1) is 19.8 Å². The van der Waals surface area contributed by atoms with Gasteiger partial charge in [-0.15, -0.1) is 0 Å². The topological polar surface area (TPSA) is 30.9 Å². The Morgan fingerprint density at radius 3 is 2.35 bits per heavy atom. The summed E-state index contributed by atoms with van der Waals surface area (Å²) in [5.41, 5.74) is 3.29. The Hall–Kier alpha value is -2.20. The summed E-state index contributed by atoms with van der Waals surface area (Å²) >= 11 is 0. The van der Waals surface area contributed by atoms with Crippen LogP contribution < -0.4 is 14.2 Å². The summed E-state index contributed by atoms with van der Waals surface area (Å²) in [5.74, 6) is 2.59. The molecule has 0 radical (unpaired) electrons. The molecule has 0 saturated heterocycles. The Morgan fingerprint density at radius 2 is 1.74 bits per heavy atom. The SMILES string of the molecule is COc1cccc(OC)c1-c1ccc2c(c1)C[C@H](N(C)C)CO2. The molecule has 0 amide bonds. The highest BCUT2D eigenvalue weighted by Gasteiger charge is 2.23. The first-order chi connectivity index (χ1) is 11.1. The third-order valence-electron chi connectivity index (χ3n) is 4.39. The van der Waals surface area contributed by atoms with Crippen LogP contribution in [0.4, 0.5) is 0 Å². The number of rotatable bonds is 4. The molecule has 4 nitrogen and oxygen atoms in total. The van der Waals surface area contributed by atoms with Crippen molar-refractivity contribution < 1.29 is 14.2 Å². The van der Waals surface area contributed by atoms with Gasteiger partial charge < -0.3 is 19.1 Å². The van der Waals surface area contributed by atoms with E-state index in [2.05, 4.69) is 31.1 Å². The fraction of sp³-hybridized carbons (Fsp3) is 0.368. The van der Waals surface area contributed by atoms with Crippen molar-refractivity contribution in [3.05, 3.63) is 42.0 Å². The van der Waals surface area contributed by atoms with Gasteiger partial charge in [-0.2, -0.15) is 0 Å². The number of hydrogen-bond acceptors (Lipinski definition) is 4. The van der Waals surface area contributed by atoms with Crippen molar-refractivity contribution in [2.24, 2.45) is 0 Å². The van der Waals surface area contributed by atoms with Crippen LogP contribution in [0.25, 0.3) is 11.1 Å². The Labute approximate surface area is 137 Å². The number of hydrogen-bond donors (Lipinski definition) is 0. The minimum absolute atomic E-state index is 0.400. The van der Waals surface area contributed by atoms with Gasteiger partial charge in [-0.05, 0) is 55.9 Å². The normalized spacial score (nSPS) is 16.7. The third kappa shape index (κ3) is 2.99. The first-order valence-corrected chi connectivity index (χ1v) is 7.77. The molecule has 23 heavy (non-hydrogen) atoms. The van der Waals surface area contributed by atoms with Gasteiger partial charge in [-0.25, -0.2) is 0 Å². The summed E-state index contributed by atoms with van der Waals surface area (Å²) in [6, 6.07) is 12.5. The van der Waals surface area contributed by atoms with Gasteiger partial charge in [0, 0.05) is 6.04 Å². The van der Waals surface area contributed by atoms with Crippen LogP contribution in [0.1, 0.15) is 5.56 Å². The Bertz CT molecular complexity index is 675. The number of fused-ring (bicyclic) bond motifs is 1. The average Bonchev–Trinajstić information content (AvgIpc) is 2.59. The zero-order valence-electron chi connectivity index (χ0n) is 14.1. The first kappa shape index (κ1) is 15.7. The van der Waals surface area contributed by atoms with Gasteiger partial charge in [-0.3, -0.25) is 0 Å². The minimum atomic E-state index is 0.400. The summed E-state index contributed by atoms with van der Waals surface area (Å²) in [6.45, 7) is 0.733. The van der Waals surface area contributed by atoms with E-state index in [1.165, 1.54) is 5.56 Å². The zero-order chi connectivity index (χ0) is 16.4. The number of benzene rings is 2. The molecular formula is C19H23NO3. The molecular weight excluding hydrogens is 290 g/mol. The van der Waals surface area contributed by atoms with Crippen LogP contribution in [-0.4, -0.2) is 45.9 Å². The van der Waals surface area contributed by atoms with Crippen molar-refractivity contribution in [1.29, 1.82) is 0 Å². The van der Waals surface area contributed by atoms with E-state index in [1.807, 2.05) is 24.3 Å². The molecule has 0 bridgehead atoms. The van der Waals surface area contributed by atoms with Gasteiger partial charge in [0.15, 0.2) is 0 Å². The lowest BCUT2D eigenvalue weighted by molar-refractivity contribution is 0.165. The van der Waals surface area contributed by atoms with E-state index in [4.69, 9.17) is 14.2 Å². The lowest BCUT2D eigenvalue weighted by Gasteiger charge is -2.30. The number of methoxy groups -OCH3 is 2. The molecule has 0 aromatic heterocycles. The maximum absolute atomic E-state index is 5.90. The molecule has 3 rings (SSSR count). The van der Waals surface area contributed by atoms with Gasteiger partial charge >= 0.3 is 0 Å². The second kappa shape index (κ2) is 6.50. The maximum Gasteiger partial charge on any atom is 0.130 e. The average molecular weight is 313 g/mol. The van der Waals surface area contributed by atoms with Crippen LogP contribution in [0.3, 0.4) is 0 Å². The monoisotopic (exact) mass is 313 g/mol. The molecule has 0 aliphatic carbocycles. The van der Waals surface area contributed by atoms with Crippen molar-refractivity contribution >= 4 is 0 Å². The van der Waals surface area contributed by atoms with E-state index < -0.39 is 0 Å². The first-order valence-electron chi connectivity index (χ1n) is 7.77. The molecule has 0 unspecified atom stereocenters. The quantitative estimate of drug-likeness (QED) is 0.867. The summed E-state index contributed by atoms with van der Waals surface area (Å²) in [4.78, 5) is 2.21. The van der Waals surface area contributed by atoms with Gasteiger partial charge in [0.2, 0.25) is 0 Å². The van der Waals surface area contributed by atoms with Gasteiger partial charge in [-0.1, -0.05) is 12.1 Å². The zero-order valence-corrected chi connectivity index (χ0v) is 14.1. The van der Waals surface area contributed by atoms with Crippen LogP contribution in [0.5, 0.6) is 17.2 Å². The molecule has 122 valence electrons. The second-order valence-corrected chi connectivity index (χ2v) is 5.99. The Balaban J connectivity index is 2.05. The van der Waals surface area contributed by atoms with Crippen LogP contribution in [0.2, 0.25) is 0 Å². The Morgan fingerprint density at radius 1 is 1.04 bits per heavy atom. The van der Waals surface area contributed by atoms with E-state index in [-0.39, 0.29) is 0 Å². The van der Waals surface area contributed by atoms with E-state index in [0.29, 0.717) is 6.04 Å². The van der Waals surface area contributed by atoms with Crippen LogP contribution in [-0.2, 0) is 6.42 Å². The van der Waals surface area contributed by atoms with Crippen molar-refractivity contribution in [3.63, 3.8) is 0 Å². The molecule has 1 aliphatic heterocycles. The predicted molar refractivity (Wildman–Crippen MR) is 91.7 cm³/mol. The number of nitrogens with zero attached hydrogens (tertiary/aromatic N) is 1. The third-order valence-corrected chi connectivity index (χ3v) is 4.39. The number of likely N-dealkylation sites (N-methyl/N-ethyl adjacent to an activating group) is 1. The highest BCUT2D eigenvalue weighted by Crippen LogP contribution is 2.40. The van der Waals surface area contributed by atoms with Crippen molar-refractivity contribution in [1.82, 2.24) is 4.90 Å². The highest BCUT2D eigenvalue weighted by molar-refractivity contribution is 5.78. The molecule has 2 aromatic carbocycles. The lowest BCUT2D eigenvalue weighted by Crippen LogP contribution is -2.38. The fourth-order valence-electron chi connectivity index (χ4n) is 3.00. The molecule has 1 aliphatic rings. The second-order valence-electron chi connectivity index (χ2n) is 5.99. The summed E-state index contributed by atoms with van der Waals surface area (Å²) in [6.07, 6.45) is 0.980. The highest BCUT2D eigenvalue weighted by atomic mass is 16.5. The van der Waals surface area contributed by atoms with Crippen molar-refractivity contribution in [3.8, 4) is 28.4 Å². The Kier molecular flexibility index (Phi) is 4.44. The van der Waals surface area contributed by atoms with Crippen molar-refractivity contribution in [2.45, 2.75) is 12.5 Å². The molecule has 1 heterocycles. The minimum Gasteiger partial charge on any atom is -0.496 e. The lowest BCUT2D eigenvalue weighted by atomic mass is 9.96. The van der Waals surface area contributed by atoms with Gasteiger partial charge in [0.1, 0.15) is 23.9 Å². The predicted octanol–water partition coefficient (Wildman–Crippen LogP) is 3.24. The smallest absolute Gasteiger partial charge is 0.130 e. The van der Waals surface area contributed by atoms with Crippen LogP contribution in [0, 0.1) is 0 Å². The molecule has 0 saturated carbocycles. The molecule has 0 N–H and O–H groups in total. The summed E-state index contributed by atoms with van der Waals surface area (Å²) in [7, 11) is 7.54. The van der Waals surface area contributed by atoms with Crippen LogP contribution >= 0.6 is 0 Å². The summed E-state index contributed by atoms with van der Waals surface area (Å²) in [5, 5.41) is 0. The maximum atomic E-state index is 5.90. The molecule has 0 fully saturated rings. The van der Waals surface area contributed by atoms with Crippen molar-refractivity contribution in [2.75, 3.05) is 34.9 Å². The largest absolute Gasteiger partial charge is 0.496 e. The standard InChI is InChI=1S/C19H23NO3/c1-20(2)15-11-14-10-13(8-9-16(14)23-12-15)19-17(21-3)6-5-7-18(19)22-4/h5-10,15H,11-12H2,1-4H3/t15-/m0/s1. The molecule has 4 heteroatoms. The molecule has 1 atom stereocenters. The van der Waals surface area contributed by atoms with E-state index >= 15 is 0 Å².